The smallest absolute Gasteiger partial charge is 0.0234 e. The molecule has 1 heteroatoms. The van der Waals surface area contributed by atoms with Crippen molar-refractivity contribution in [1.82, 2.24) is 5.32 Å². The van der Waals surface area contributed by atoms with Gasteiger partial charge in [-0.05, 0) is 31.2 Å². The average Bonchev–Trinajstić information content (AvgIpc) is 2.41. The third-order valence-corrected chi connectivity index (χ3v) is 3.26. The first-order valence-electron chi connectivity index (χ1n) is 3.91. The Bertz CT molecular complexity index is 130. The topological polar surface area (TPSA) is 12.0 Å². The minimum atomic E-state index is 0.590. The third-order valence-electron chi connectivity index (χ3n) is 3.26. The molecule has 52 valence electrons. The molecule has 1 aliphatic heterocycles. The summed E-state index contributed by atoms with van der Waals surface area (Å²) in [6.45, 7) is 6.02. The first-order valence-corrected chi connectivity index (χ1v) is 3.91. The molecule has 0 aromatic carbocycles. The SMILES string of the molecule is CC1(C)CCNC12CC2. The second kappa shape index (κ2) is 1.34. The van der Waals surface area contributed by atoms with Crippen molar-refractivity contribution in [2.24, 2.45) is 5.41 Å². The zero-order valence-electron chi connectivity index (χ0n) is 6.33. The molecule has 1 saturated heterocycles. The molecule has 1 heterocycles. The van der Waals surface area contributed by atoms with Gasteiger partial charge in [-0.2, -0.15) is 0 Å². The van der Waals surface area contributed by atoms with E-state index in [1.165, 1.54) is 25.8 Å². The van der Waals surface area contributed by atoms with Gasteiger partial charge < -0.3 is 5.32 Å². The highest BCUT2D eigenvalue weighted by molar-refractivity contribution is 5.14. The van der Waals surface area contributed by atoms with E-state index in [1.807, 2.05) is 0 Å². The molecule has 1 saturated carbocycles. The second-order valence-electron chi connectivity index (χ2n) is 4.14. The largest absolute Gasteiger partial charge is 0.311 e. The Kier molecular flexibility index (Phi) is 0.852. The quantitative estimate of drug-likeness (QED) is 0.518. The summed E-state index contributed by atoms with van der Waals surface area (Å²) in [7, 11) is 0. The molecule has 1 spiro atoms. The monoisotopic (exact) mass is 125 g/mol. The van der Waals surface area contributed by atoms with Gasteiger partial charge in [0, 0.05) is 5.54 Å². The van der Waals surface area contributed by atoms with Crippen LogP contribution in [0, 0.1) is 5.41 Å². The molecule has 2 aliphatic rings. The Hall–Kier alpha value is -0.0400. The summed E-state index contributed by atoms with van der Waals surface area (Å²) in [5.74, 6) is 0. The molecular weight excluding hydrogens is 110 g/mol. The van der Waals surface area contributed by atoms with Crippen LogP contribution in [0.3, 0.4) is 0 Å². The summed E-state index contributed by atoms with van der Waals surface area (Å²) in [5.41, 5.74) is 1.18. The van der Waals surface area contributed by atoms with Crippen LogP contribution in [0.4, 0.5) is 0 Å². The normalized spacial score (nSPS) is 35.3. The van der Waals surface area contributed by atoms with Gasteiger partial charge in [0.05, 0.1) is 0 Å². The maximum absolute atomic E-state index is 3.60. The molecule has 2 rings (SSSR count). The van der Waals surface area contributed by atoms with E-state index in [1.54, 1.807) is 0 Å². The van der Waals surface area contributed by atoms with Crippen LogP contribution in [-0.2, 0) is 0 Å². The molecular formula is C8H15N. The van der Waals surface area contributed by atoms with Crippen molar-refractivity contribution in [1.29, 1.82) is 0 Å². The van der Waals surface area contributed by atoms with E-state index < -0.39 is 0 Å². The summed E-state index contributed by atoms with van der Waals surface area (Å²) in [6.07, 6.45) is 4.20. The van der Waals surface area contributed by atoms with Gasteiger partial charge in [-0.25, -0.2) is 0 Å². The fourth-order valence-electron chi connectivity index (χ4n) is 2.07. The lowest BCUT2D eigenvalue weighted by atomic mass is 9.83. The predicted octanol–water partition coefficient (Wildman–Crippen LogP) is 1.54. The van der Waals surface area contributed by atoms with E-state index in [0.29, 0.717) is 11.0 Å². The molecule has 0 amide bonds. The Labute approximate surface area is 56.8 Å². The second-order valence-corrected chi connectivity index (χ2v) is 4.14. The summed E-state index contributed by atoms with van der Waals surface area (Å²) in [4.78, 5) is 0. The number of rotatable bonds is 0. The maximum Gasteiger partial charge on any atom is 0.0234 e. The minimum absolute atomic E-state index is 0.590. The Morgan fingerprint density at radius 2 is 1.78 bits per heavy atom. The van der Waals surface area contributed by atoms with Gasteiger partial charge in [-0.15, -0.1) is 0 Å². The lowest BCUT2D eigenvalue weighted by molar-refractivity contribution is 0.295. The van der Waals surface area contributed by atoms with Crippen LogP contribution in [0.15, 0.2) is 0 Å². The Morgan fingerprint density at radius 3 is 2.00 bits per heavy atom. The summed E-state index contributed by atoms with van der Waals surface area (Å²) in [5, 5.41) is 3.60. The maximum atomic E-state index is 3.60. The van der Waals surface area contributed by atoms with Crippen molar-refractivity contribution in [3.63, 3.8) is 0 Å². The lowest BCUT2D eigenvalue weighted by Gasteiger charge is -2.25. The van der Waals surface area contributed by atoms with E-state index in [2.05, 4.69) is 19.2 Å². The third kappa shape index (κ3) is 0.586. The number of nitrogens with one attached hydrogen (secondary N) is 1. The highest BCUT2D eigenvalue weighted by Crippen LogP contribution is 2.54. The van der Waals surface area contributed by atoms with Gasteiger partial charge in [0.25, 0.3) is 0 Å². The summed E-state index contributed by atoms with van der Waals surface area (Å²) >= 11 is 0. The number of hydrogen-bond acceptors (Lipinski definition) is 1. The highest BCUT2D eigenvalue weighted by Gasteiger charge is 2.56. The minimum Gasteiger partial charge on any atom is -0.311 e. The van der Waals surface area contributed by atoms with Crippen LogP contribution in [0.2, 0.25) is 0 Å². The zero-order chi connectivity index (χ0) is 6.54. The van der Waals surface area contributed by atoms with E-state index in [4.69, 9.17) is 0 Å². The van der Waals surface area contributed by atoms with Crippen LogP contribution in [0.25, 0.3) is 0 Å². The van der Waals surface area contributed by atoms with E-state index >= 15 is 0 Å². The van der Waals surface area contributed by atoms with Gasteiger partial charge in [0.2, 0.25) is 0 Å². The van der Waals surface area contributed by atoms with Gasteiger partial charge in [0.1, 0.15) is 0 Å². The molecule has 2 fully saturated rings. The average molecular weight is 125 g/mol. The van der Waals surface area contributed by atoms with Crippen LogP contribution >= 0.6 is 0 Å². The molecule has 0 unspecified atom stereocenters. The van der Waals surface area contributed by atoms with Gasteiger partial charge in [-0.3, -0.25) is 0 Å². The predicted molar refractivity (Wildman–Crippen MR) is 38.4 cm³/mol. The van der Waals surface area contributed by atoms with Gasteiger partial charge in [0.15, 0.2) is 0 Å². The van der Waals surface area contributed by atoms with Gasteiger partial charge in [-0.1, -0.05) is 13.8 Å². The highest BCUT2D eigenvalue weighted by atomic mass is 15.1. The number of hydrogen-bond donors (Lipinski definition) is 1. The summed E-state index contributed by atoms with van der Waals surface area (Å²) in [6, 6.07) is 0. The van der Waals surface area contributed by atoms with Crippen molar-refractivity contribution < 1.29 is 0 Å². The first-order chi connectivity index (χ1) is 4.16. The van der Waals surface area contributed by atoms with E-state index in [9.17, 15) is 0 Å². The standard InChI is InChI=1S/C8H15N/c1-7(2)5-6-9-8(7)3-4-8/h9H,3-6H2,1-2H3. The Balaban J connectivity index is 2.23. The van der Waals surface area contributed by atoms with E-state index in [0.717, 1.165) is 0 Å². The van der Waals surface area contributed by atoms with Crippen molar-refractivity contribution in [2.45, 2.75) is 38.6 Å². The van der Waals surface area contributed by atoms with Crippen molar-refractivity contribution in [3.8, 4) is 0 Å². The molecule has 1 nitrogen and oxygen atoms in total. The van der Waals surface area contributed by atoms with Crippen LogP contribution < -0.4 is 5.32 Å². The van der Waals surface area contributed by atoms with Crippen LogP contribution in [0.1, 0.15) is 33.1 Å². The molecule has 0 aromatic rings. The van der Waals surface area contributed by atoms with Crippen LogP contribution in [-0.4, -0.2) is 12.1 Å². The van der Waals surface area contributed by atoms with Crippen molar-refractivity contribution in [3.05, 3.63) is 0 Å². The fraction of sp³-hybridized carbons (Fsp3) is 1.00. The molecule has 1 N–H and O–H groups in total. The summed E-state index contributed by atoms with van der Waals surface area (Å²) < 4.78 is 0. The van der Waals surface area contributed by atoms with Crippen molar-refractivity contribution in [2.75, 3.05) is 6.54 Å². The van der Waals surface area contributed by atoms with Crippen LogP contribution in [0.5, 0.6) is 0 Å². The van der Waals surface area contributed by atoms with E-state index in [-0.39, 0.29) is 0 Å². The van der Waals surface area contributed by atoms with Crippen molar-refractivity contribution >= 4 is 0 Å². The fourth-order valence-corrected chi connectivity index (χ4v) is 2.07. The lowest BCUT2D eigenvalue weighted by Crippen LogP contribution is -2.34. The molecule has 1 aliphatic carbocycles. The molecule has 0 radical (unpaired) electrons. The first kappa shape index (κ1) is 5.72. The molecule has 0 bridgehead atoms. The molecule has 9 heavy (non-hydrogen) atoms. The Morgan fingerprint density at radius 1 is 1.11 bits per heavy atom. The van der Waals surface area contributed by atoms with Gasteiger partial charge >= 0.3 is 0 Å². The molecule has 0 atom stereocenters. The molecule has 0 aromatic heterocycles. The zero-order valence-corrected chi connectivity index (χ0v) is 6.33.